The van der Waals surface area contributed by atoms with E-state index >= 15 is 0 Å². The molecule has 32 heavy (non-hydrogen) atoms. The zero-order valence-electron chi connectivity index (χ0n) is 17.9. The molecule has 4 nitrogen and oxygen atoms in total. The van der Waals surface area contributed by atoms with Crippen molar-refractivity contribution < 1.29 is 14.3 Å². The van der Waals surface area contributed by atoms with Gasteiger partial charge in [0.2, 0.25) is 11.8 Å². The predicted molar refractivity (Wildman–Crippen MR) is 125 cm³/mol. The lowest BCUT2D eigenvalue weighted by Gasteiger charge is -2.32. The summed E-state index contributed by atoms with van der Waals surface area (Å²) in [4.78, 5) is 29.1. The molecule has 0 spiro atoms. The molecule has 0 bridgehead atoms. The minimum atomic E-state index is -0.463. The van der Waals surface area contributed by atoms with Crippen LogP contribution in [0.2, 0.25) is 0 Å². The third-order valence-electron chi connectivity index (χ3n) is 6.47. The summed E-state index contributed by atoms with van der Waals surface area (Å²) < 4.78 is 5.76. The van der Waals surface area contributed by atoms with Crippen molar-refractivity contribution in [3.63, 3.8) is 0 Å². The number of fused-ring (bicyclic) bond motifs is 1. The van der Waals surface area contributed by atoms with E-state index in [9.17, 15) is 9.59 Å². The van der Waals surface area contributed by atoms with E-state index in [-0.39, 0.29) is 23.7 Å². The Morgan fingerprint density at radius 1 is 0.688 bits per heavy atom. The molecule has 2 amide bonds. The van der Waals surface area contributed by atoms with Gasteiger partial charge in [-0.05, 0) is 30.2 Å². The molecule has 1 heterocycles. The number of hydrogen-bond donors (Lipinski definition) is 0. The van der Waals surface area contributed by atoms with Gasteiger partial charge in [-0.3, -0.25) is 9.59 Å². The van der Waals surface area contributed by atoms with E-state index in [1.807, 2.05) is 85.8 Å². The van der Waals surface area contributed by atoms with E-state index in [4.69, 9.17) is 4.74 Å². The molecule has 4 heteroatoms. The molecule has 1 saturated heterocycles. The van der Waals surface area contributed by atoms with Gasteiger partial charge in [-0.2, -0.15) is 0 Å². The summed E-state index contributed by atoms with van der Waals surface area (Å²) in [5.41, 5.74) is 2.62. The number of nitrogens with zero attached hydrogens (tertiary/aromatic N) is 1. The van der Waals surface area contributed by atoms with Gasteiger partial charge in [-0.15, -0.1) is 0 Å². The second-order valence-electron chi connectivity index (χ2n) is 8.22. The van der Waals surface area contributed by atoms with Gasteiger partial charge in [0.1, 0.15) is 5.75 Å². The molecule has 3 aromatic carbocycles. The molecule has 0 saturated carbocycles. The quantitative estimate of drug-likeness (QED) is 0.412. The number of allylic oxidation sites excluding steroid dienone is 2. The highest BCUT2D eigenvalue weighted by Gasteiger charge is 2.55. The van der Waals surface area contributed by atoms with Crippen LogP contribution in [-0.4, -0.2) is 18.4 Å². The lowest BCUT2D eigenvalue weighted by molar-refractivity contribution is -0.122. The Morgan fingerprint density at radius 2 is 1.16 bits per heavy atom. The summed E-state index contributed by atoms with van der Waals surface area (Å²) in [6, 6.07) is 27.3. The first kappa shape index (κ1) is 20.3. The third-order valence-corrected chi connectivity index (χ3v) is 6.47. The number of ether oxygens (including phenoxy) is 1. The van der Waals surface area contributed by atoms with Crippen LogP contribution in [0.5, 0.6) is 5.75 Å². The maximum Gasteiger partial charge on any atom is 0.238 e. The van der Waals surface area contributed by atoms with Crippen molar-refractivity contribution in [3.05, 3.63) is 108 Å². The first-order chi connectivity index (χ1) is 15.7. The Hall–Kier alpha value is -3.66. The van der Waals surface area contributed by atoms with Crippen LogP contribution < -0.4 is 9.64 Å². The fourth-order valence-electron chi connectivity index (χ4n) is 5.09. The summed E-state index contributed by atoms with van der Waals surface area (Å²) in [5, 5.41) is 0. The zero-order valence-corrected chi connectivity index (χ0v) is 17.9. The molecule has 1 aliphatic carbocycles. The molecular formula is C28H25NO3. The molecular weight excluding hydrogens is 398 g/mol. The minimum absolute atomic E-state index is 0.151. The smallest absolute Gasteiger partial charge is 0.238 e. The number of anilines is 1. The molecule has 0 aromatic heterocycles. The van der Waals surface area contributed by atoms with Crippen LogP contribution in [-0.2, 0) is 9.59 Å². The highest BCUT2D eigenvalue weighted by molar-refractivity contribution is 6.23. The van der Waals surface area contributed by atoms with Crippen molar-refractivity contribution >= 4 is 17.5 Å². The summed E-state index contributed by atoms with van der Waals surface area (Å²) in [6.07, 6.45) is 4.22. The van der Waals surface area contributed by atoms with Gasteiger partial charge in [-0.25, -0.2) is 4.90 Å². The summed E-state index contributed by atoms with van der Waals surface area (Å²) >= 11 is 0. The maximum atomic E-state index is 13.9. The number of carbonyl (C=O) groups is 2. The second kappa shape index (κ2) is 8.46. The molecule has 0 unspecified atom stereocenters. The van der Waals surface area contributed by atoms with Gasteiger partial charge < -0.3 is 4.74 Å². The van der Waals surface area contributed by atoms with Gasteiger partial charge in [0.05, 0.1) is 24.1 Å². The molecule has 3 aromatic rings. The van der Waals surface area contributed by atoms with E-state index < -0.39 is 11.8 Å². The molecule has 0 radical (unpaired) electrons. The Kier molecular flexibility index (Phi) is 5.36. The van der Waals surface area contributed by atoms with Gasteiger partial charge in [-0.1, -0.05) is 84.9 Å². The van der Waals surface area contributed by atoms with Gasteiger partial charge >= 0.3 is 0 Å². The molecule has 0 N–H and O–H groups in total. The van der Waals surface area contributed by atoms with E-state index in [1.54, 1.807) is 6.07 Å². The van der Waals surface area contributed by atoms with Crippen LogP contribution in [0, 0.1) is 11.8 Å². The standard InChI is InChI=1S/C28H25NO3/c1-2-32-24-16-10-9-15-23(24)29-27(30)25-21(19-11-5-3-6-12-19)17-18-22(26(25)28(29)31)20-13-7-4-8-14-20/h3-18,21-22,25-26H,2H2,1H3/t21-,22+,25+,26-. The summed E-state index contributed by atoms with van der Waals surface area (Å²) in [5.74, 6) is -0.998. The normalized spacial score (nSPS) is 24.5. The van der Waals surface area contributed by atoms with Crippen molar-refractivity contribution in [2.45, 2.75) is 18.8 Å². The van der Waals surface area contributed by atoms with Gasteiger partial charge in [0.15, 0.2) is 0 Å². The molecule has 1 fully saturated rings. The van der Waals surface area contributed by atoms with E-state index in [0.717, 1.165) is 11.1 Å². The highest BCUT2D eigenvalue weighted by Crippen LogP contribution is 2.51. The number of rotatable bonds is 5. The van der Waals surface area contributed by atoms with Crippen molar-refractivity contribution in [1.82, 2.24) is 0 Å². The molecule has 1 aliphatic heterocycles. The highest BCUT2D eigenvalue weighted by atomic mass is 16.5. The Balaban J connectivity index is 1.63. The average Bonchev–Trinajstić information content (AvgIpc) is 3.11. The lowest BCUT2D eigenvalue weighted by atomic mass is 9.68. The van der Waals surface area contributed by atoms with Crippen LogP contribution >= 0.6 is 0 Å². The SMILES string of the molecule is CCOc1ccccc1N1C(=O)[C@@H]2[C@H](C1=O)[C@H](c1ccccc1)C=C[C@@H]2c1ccccc1. The summed E-state index contributed by atoms with van der Waals surface area (Å²) in [6.45, 7) is 2.35. The van der Waals surface area contributed by atoms with Crippen molar-refractivity contribution in [1.29, 1.82) is 0 Å². The predicted octanol–water partition coefficient (Wildman–Crippen LogP) is 5.33. The van der Waals surface area contributed by atoms with E-state index in [1.165, 1.54) is 4.90 Å². The first-order valence-corrected chi connectivity index (χ1v) is 11.1. The van der Waals surface area contributed by atoms with Crippen LogP contribution in [0.15, 0.2) is 97.1 Å². The van der Waals surface area contributed by atoms with Crippen LogP contribution in [0.4, 0.5) is 5.69 Å². The Labute approximate surface area is 188 Å². The van der Waals surface area contributed by atoms with Crippen molar-refractivity contribution in [2.75, 3.05) is 11.5 Å². The third kappa shape index (κ3) is 3.32. The van der Waals surface area contributed by atoms with Gasteiger partial charge in [0, 0.05) is 11.8 Å². The largest absolute Gasteiger partial charge is 0.492 e. The fourth-order valence-corrected chi connectivity index (χ4v) is 5.09. The van der Waals surface area contributed by atoms with E-state index in [0.29, 0.717) is 18.0 Å². The van der Waals surface area contributed by atoms with Crippen LogP contribution in [0.1, 0.15) is 29.9 Å². The molecule has 160 valence electrons. The lowest BCUT2D eigenvalue weighted by Crippen LogP contribution is -2.32. The zero-order chi connectivity index (χ0) is 22.1. The molecule has 4 atom stereocenters. The number of carbonyl (C=O) groups excluding carboxylic acids is 2. The fraction of sp³-hybridized carbons (Fsp3) is 0.214. The van der Waals surface area contributed by atoms with Gasteiger partial charge in [0.25, 0.3) is 0 Å². The van der Waals surface area contributed by atoms with Crippen molar-refractivity contribution in [2.24, 2.45) is 11.8 Å². The van der Waals surface area contributed by atoms with Crippen LogP contribution in [0.3, 0.4) is 0 Å². The summed E-state index contributed by atoms with van der Waals surface area (Å²) in [7, 11) is 0. The first-order valence-electron chi connectivity index (χ1n) is 11.1. The number of imide groups is 1. The Morgan fingerprint density at radius 3 is 1.66 bits per heavy atom. The molecule has 2 aliphatic rings. The molecule has 5 rings (SSSR count). The van der Waals surface area contributed by atoms with E-state index in [2.05, 4.69) is 12.2 Å². The van der Waals surface area contributed by atoms with Crippen LogP contribution in [0.25, 0.3) is 0 Å². The Bertz CT molecular complexity index is 1090. The number of para-hydroxylation sites is 2. The average molecular weight is 424 g/mol. The monoisotopic (exact) mass is 423 g/mol. The minimum Gasteiger partial charge on any atom is -0.492 e. The number of hydrogen-bond acceptors (Lipinski definition) is 3. The second-order valence-corrected chi connectivity index (χ2v) is 8.22. The number of amides is 2. The number of benzene rings is 3. The maximum absolute atomic E-state index is 13.9. The topological polar surface area (TPSA) is 46.6 Å². The van der Waals surface area contributed by atoms with Crippen molar-refractivity contribution in [3.8, 4) is 5.75 Å².